The Hall–Kier alpha value is -6.97. The fourth-order valence-electron chi connectivity index (χ4n) is 8.16. The monoisotopic (exact) mass is 719 g/mol. The number of fused-ring (bicyclic) bond motifs is 3. The van der Waals surface area contributed by atoms with E-state index in [-0.39, 0.29) is 5.41 Å². The van der Waals surface area contributed by atoms with Crippen LogP contribution in [0.25, 0.3) is 83.9 Å². The molecule has 7 aromatic carbocycles. The van der Waals surface area contributed by atoms with E-state index in [1.165, 1.54) is 49.7 Å². The van der Waals surface area contributed by atoms with Gasteiger partial charge in [-0.25, -0.2) is 15.0 Å². The molecule has 268 valence electrons. The molecule has 0 bridgehead atoms. The van der Waals surface area contributed by atoms with Crippen molar-refractivity contribution in [2.24, 2.45) is 0 Å². The van der Waals surface area contributed by atoms with Gasteiger partial charge in [0.1, 0.15) is 0 Å². The molecule has 0 atom stereocenters. The first-order valence-electron chi connectivity index (χ1n) is 19.2. The molecule has 0 radical (unpaired) electrons. The lowest BCUT2D eigenvalue weighted by Crippen LogP contribution is -2.16. The zero-order chi connectivity index (χ0) is 38.2. The van der Waals surface area contributed by atoms with Crippen molar-refractivity contribution in [3.05, 3.63) is 205 Å². The summed E-state index contributed by atoms with van der Waals surface area (Å²) in [6.07, 6.45) is 6.40. The summed E-state index contributed by atoms with van der Waals surface area (Å²) in [4.78, 5) is 15.4. The second kappa shape index (κ2) is 14.4. The highest BCUT2D eigenvalue weighted by Gasteiger charge is 2.37. The van der Waals surface area contributed by atoms with Crippen molar-refractivity contribution in [3.63, 3.8) is 0 Å². The Balaban J connectivity index is 1.18. The Bertz CT molecular complexity index is 2710. The largest absolute Gasteiger partial charge is 0.208 e. The van der Waals surface area contributed by atoms with Crippen molar-refractivity contribution in [2.45, 2.75) is 26.2 Å². The minimum absolute atomic E-state index is 0.189. The van der Waals surface area contributed by atoms with Gasteiger partial charge in [-0.3, -0.25) is 0 Å². The molecular formula is C53H41N3. The van der Waals surface area contributed by atoms with Crippen LogP contribution >= 0.6 is 0 Å². The Morgan fingerprint density at radius 1 is 0.464 bits per heavy atom. The van der Waals surface area contributed by atoms with E-state index in [4.69, 9.17) is 15.0 Å². The van der Waals surface area contributed by atoms with Gasteiger partial charge in [0.15, 0.2) is 17.5 Å². The van der Waals surface area contributed by atoms with Gasteiger partial charge in [-0.15, -0.1) is 0 Å². The number of hydrogen-bond donors (Lipinski definition) is 0. The number of rotatable bonds is 8. The summed E-state index contributed by atoms with van der Waals surface area (Å²) >= 11 is 0. The Labute approximate surface area is 329 Å². The predicted molar refractivity (Wildman–Crippen MR) is 235 cm³/mol. The summed E-state index contributed by atoms with van der Waals surface area (Å²) in [7, 11) is 0. The van der Waals surface area contributed by atoms with Crippen molar-refractivity contribution in [1.82, 2.24) is 15.0 Å². The molecule has 0 amide bonds. The van der Waals surface area contributed by atoms with Crippen LogP contribution in [-0.4, -0.2) is 15.0 Å². The molecule has 0 fully saturated rings. The van der Waals surface area contributed by atoms with Crippen LogP contribution in [0.4, 0.5) is 0 Å². The average molecular weight is 720 g/mol. The number of nitrogens with zero attached hydrogens (tertiary/aromatic N) is 3. The van der Waals surface area contributed by atoms with Crippen LogP contribution in [-0.2, 0) is 5.41 Å². The molecule has 0 N–H and O–H groups in total. The molecule has 8 aromatic rings. The molecule has 1 aromatic heterocycles. The smallest absolute Gasteiger partial charge is 0.164 e. The van der Waals surface area contributed by atoms with E-state index < -0.39 is 0 Å². The summed E-state index contributed by atoms with van der Waals surface area (Å²) in [5.41, 5.74) is 14.6. The van der Waals surface area contributed by atoms with Gasteiger partial charge in [0.05, 0.1) is 0 Å². The van der Waals surface area contributed by atoms with E-state index >= 15 is 0 Å². The SMILES string of the molecule is C=CC1=C(/C=C\C)C(C)(C)c2cc(-c3cccc(-c4nc(-c5ccc(-c6ccccc6)cc5)nc(-c5ccc(-c6ccccc6)cc5)n4)c3)c3ccccc3c21. The van der Waals surface area contributed by atoms with Crippen LogP contribution in [0, 0.1) is 0 Å². The second-order valence-electron chi connectivity index (χ2n) is 14.8. The molecule has 0 saturated heterocycles. The van der Waals surface area contributed by atoms with E-state index in [1.807, 2.05) is 18.2 Å². The van der Waals surface area contributed by atoms with Gasteiger partial charge in [0, 0.05) is 22.1 Å². The number of aromatic nitrogens is 3. The van der Waals surface area contributed by atoms with Crippen LogP contribution < -0.4 is 0 Å². The fraction of sp³-hybridized carbons (Fsp3) is 0.0755. The molecule has 1 aliphatic carbocycles. The highest BCUT2D eigenvalue weighted by atomic mass is 15.0. The topological polar surface area (TPSA) is 38.7 Å². The van der Waals surface area contributed by atoms with Crippen LogP contribution in [0.3, 0.4) is 0 Å². The third kappa shape index (κ3) is 6.18. The van der Waals surface area contributed by atoms with Crippen molar-refractivity contribution < 1.29 is 0 Å². The van der Waals surface area contributed by atoms with Gasteiger partial charge >= 0.3 is 0 Å². The normalized spacial score (nSPS) is 13.3. The molecule has 1 aliphatic rings. The number of allylic oxidation sites excluding steroid dienone is 5. The van der Waals surface area contributed by atoms with E-state index in [9.17, 15) is 0 Å². The molecule has 3 heteroatoms. The number of hydrogen-bond acceptors (Lipinski definition) is 3. The lowest BCUT2D eigenvalue weighted by atomic mass is 9.79. The van der Waals surface area contributed by atoms with E-state index in [1.54, 1.807) is 0 Å². The van der Waals surface area contributed by atoms with Crippen molar-refractivity contribution in [2.75, 3.05) is 0 Å². The molecule has 0 saturated carbocycles. The van der Waals surface area contributed by atoms with Gasteiger partial charge in [-0.05, 0) is 85.5 Å². The van der Waals surface area contributed by atoms with Gasteiger partial charge < -0.3 is 0 Å². The zero-order valence-corrected chi connectivity index (χ0v) is 31.9. The minimum Gasteiger partial charge on any atom is -0.208 e. The molecule has 0 aliphatic heterocycles. The molecular weight excluding hydrogens is 679 g/mol. The van der Waals surface area contributed by atoms with Crippen molar-refractivity contribution in [1.29, 1.82) is 0 Å². The highest BCUT2D eigenvalue weighted by Crippen LogP contribution is 2.51. The lowest BCUT2D eigenvalue weighted by molar-refractivity contribution is 0.655. The lowest BCUT2D eigenvalue weighted by Gasteiger charge is -2.24. The van der Waals surface area contributed by atoms with Gasteiger partial charge in [-0.2, -0.15) is 0 Å². The first-order chi connectivity index (χ1) is 27.4. The van der Waals surface area contributed by atoms with Crippen molar-refractivity contribution >= 4 is 16.3 Å². The quantitative estimate of drug-likeness (QED) is 0.157. The highest BCUT2D eigenvalue weighted by molar-refractivity contribution is 6.08. The summed E-state index contributed by atoms with van der Waals surface area (Å²) in [5, 5.41) is 2.44. The van der Waals surface area contributed by atoms with Gasteiger partial charge in [-0.1, -0.05) is 190 Å². The fourth-order valence-corrected chi connectivity index (χ4v) is 8.16. The maximum atomic E-state index is 5.15. The standard InChI is InChI=1S/C53H41N3/c1-5-16-47-43(6-2)49-45-24-14-13-23-44(45)46(34-48(49)53(47,3)4)41-21-15-22-42(33-41)52-55-50(39-29-25-37(26-30-39)35-17-9-7-10-18-35)54-51(56-52)40-31-27-38(28-32-40)36-19-11-8-12-20-36/h5-34H,2H2,1,3-4H3/b16-5-. The molecule has 3 nitrogen and oxygen atoms in total. The van der Waals surface area contributed by atoms with E-state index in [0.29, 0.717) is 17.5 Å². The van der Waals surface area contributed by atoms with Gasteiger partial charge in [0.25, 0.3) is 0 Å². The third-order valence-corrected chi connectivity index (χ3v) is 11.1. The third-order valence-electron chi connectivity index (χ3n) is 11.1. The van der Waals surface area contributed by atoms with Crippen molar-refractivity contribution in [3.8, 4) is 67.5 Å². The molecule has 0 unspecified atom stereocenters. The average Bonchev–Trinajstić information content (AvgIpc) is 3.48. The molecule has 56 heavy (non-hydrogen) atoms. The Morgan fingerprint density at radius 3 is 1.45 bits per heavy atom. The molecule has 0 spiro atoms. The minimum atomic E-state index is -0.189. The summed E-state index contributed by atoms with van der Waals surface area (Å²) in [6, 6.07) is 57.6. The van der Waals surface area contributed by atoms with E-state index in [0.717, 1.165) is 33.4 Å². The van der Waals surface area contributed by atoms with Crippen LogP contribution in [0.15, 0.2) is 194 Å². The maximum Gasteiger partial charge on any atom is 0.164 e. The summed E-state index contributed by atoms with van der Waals surface area (Å²) in [5.74, 6) is 1.89. The second-order valence-corrected chi connectivity index (χ2v) is 14.8. The molecule has 1 heterocycles. The maximum absolute atomic E-state index is 5.15. The Morgan fingerprint density at radius 2 is 0.911 bits per heavy atom. The zero-order valence-electron chi connectivity index (χ0n) is 31.9. The summed E-state index contributed by atoms with van der Waals surface area (Å²) < 4.78 is 0. The van der Waals surface area contributed by atoms with Gasteiger partial charge in [0.2, 0.25) is 0 Å². The first kappa shape index (κ1) is 34.8. The van der Waals surface area contributed by atoms with Crippen LogP contribution in [0.1, 0.15) is 31.9 Å². The predicted octanol–water partition coefficient (Wildman–Crippen LogP) is 13.8. The first-order valence-corrected chi connectivity index (χ1v) is 19.2. The Kier molecular flexibility index (Phi) is 8.91. The number of benzene rings is 7. The molecule has 9 rings (SSSR count). The van der Waals surface area contributed by atoms with Crippen LogP contribution in [0.2, 0.25) is 0 Å². The van der Waals surface area contributed by atoms with Crippen LogP contribution in [0.5, 0.6) is 0 Å². The van der Waals surface area contributed by atoms with E-state index in [2.05, 4.69) is 191 Å². The summed E-state index contributed by atoms with van der Waals surface area (Å²) in [6.45, 7) is 11.0.